The van der Waals surface area contributed by atoms with Crippen LogP contribution in [0.2, 0.25) is 0 Å². The van der Waals surface area contributed by atoms with E-state index in [-0.39, 0.29) is 0 Å². The van der Waals surface area contributed by atoms with Crippen LogP contribution in [0, 0.1) is 12.8 Å². The Morgan fingerprint density at radius 1 is 1.33 bits per heavy atom. The predicted octanol–water partition coefficient (Wildman–Crippen LogP) is 3.37. The van der Waals surface area contributed by atoms with Crippen molar-refractivity contribution in [3.8, 4) is 10.6 Å². The lowest BCUT2D eigenvalue weighted by atomic mass is 10.0. The molecule has 0 saturated heterocycles. The summed E-state index contributed by atoms with van der Waals surface area (Å²) in [6.45, 7) is 6.56. The zero-order valence-electron chi connectivity index (χ0n) is 11.7. The van der Waals surface area contributed by atoms with Gasteiger partial charge in [-0.2, -0.15) is 5.10 Å². The van der Waals surface area contributed by atoms with Crippen LogP contribution in [0.3, 0.4) is 0 Å². The summed E-state index contributed by atoms with van der Waals surface area (Å²) in [5.41, 5.74) is 2.26. The normalized spacial score (nSPS) is 13.2. The average Bonchev–Trinajstić information content (AvgIpc) is 2.88. The lowest BCUT2D eigenvalue weighted by Crippen LogP contribution is -2.20. The number of aromatic nitrogens is 2. The van der Waals surface area contributed by atoms with Crippen molar-refractivity contribution < 1.29 is 0 Å². The van der Waals surface area contributed by atoms with E-state index < -0.39 is 0 Å². The summed E-state index contributed by atoms with van der Waals surface area (Å²) in [6.07, 6.45) is 0. The molecule has 18 heavy (non-hydrogen) atoms. The van der Waals surface area contributed by atoms with Crippen LogP contribution in [0.4, 0.5) is 0 Å². The van der Waals surface area contributed by atoms with E-state index in [1.165, 1.54) is 15.4 Å². The molecule has 1 unspecified atom stereocenters. The Kier molecular flexibility index (Phi) is 3.88. The molecule has 3 nitrogen and oxygen atoms in total. The van der Waals surface area contributed by atoms with Crippen LogP contribution >= 0.6 is 11.3 Å². The maximum absolute atomic E-state index is 4.53. The maximum Gasteiger partial charge on any atom is 0.103 e. The number of nitrogens with zero attached hydrogens (tertiary/aromatic N) is 2. The van der Waals surface area contributed by atoms with Crippen molar-refractivity contribution in [3.63, 3.8) is 0 Å². The number of nitrogens with one attached hydrogen (secondary N) is 1. The quantitative estimate of drug-likeness (QED) is 0.916. The third kappa shape index (κ3) is 2.49. The molecular formula is C14H21N3S. The average molecular weight is 263 g/mol. The Hall–Kier alpha value is -1.13. The summed E-state index contributed by atoms with van der Waals surface area (Å²) in [5, 5.41) is 7.91. The molecule has 0 fully saturated rings. The van der Waals surface area contributed by atoms with E-state index in [9.17, 15) is 0 Å². The van der Waals surface area contributed by atoms with Crippen LogP contribution < -0.4 is 5.32 Å². The topological polar surface area (TPSA) is 29.9 Å². The number of rotatable bonds is 4. The van der Waals surface area contributed by atoms with Crippen LogP contribution in [-0.4, -0.2) is 16.8 Å². The molecular weight excluding hydrogens is 242 g/mol. The van der Waals surface area contributed by atoms with E-state index in [2.05, 4.69) is 49.4 Å². The Balaban J connectivity index is 2.30. The highest BCUT2D eigenvalue weighted by atomic mass is 32.1. The molecule has 0 aliphatic heterocycles. The van der Waals surface area contributed by atoms with Crippen molar-refractivity contribution >= 4 is 11.3 Å². The molecule has 2 heterocycles. The van der Waals surface area contributed by atoms with Crippen LogP contribution in [0.5, 0.6) is 0 Å². The highest BCUT2D eigenvalue weighted by Gasteiger charge is 2.16. The standard InChI is InChI=1S/C14H21N3S/c1-9(2)14(15-4)13-7-6-12(18-13)11-8-10(3)17(5)16-11/h6-9,14-15H,1-5H3. The molecule has 0 saturated carbocycles. The predicted molar refractivity (Wildman–Crippen MR) is 77.9 cm³/mol. The molecule has 98 valence electrons. The third-order valence-electron chi connectivity index (χ3n) is 3.28. The fourth-order valence-corrected chi connectivity index (χ4v) is 3.39. The first-order valence-corrected chi connectivity index (χ1v) is 7.12. The summed E-state index contributed by atoms with van der Waals surface area (Å²) in [7, 11) is 4.01. The van der Waals surface area contributed by atoms with Gasteiger partial charge < -0.3 is 5.32 Å². The Morgan fingerprint density at radius 2 is 2.06 bits per heavy atom. The largest absolute Gasteiger partial charge is 0.312 e. The first-order valence-electron chi connectivity index (χ1n) is 6.31. The Morgan fingerprint density at radius 3 is 2.56 bits per heavy atom. The molecule has 0 aromatic carbocycles. The minimum absolute atomic E-state index is 0.425. The lowest BCUT2D eigenvalue weighted by Gasteiger charge is -2.18. The van der Waals surface area contributed by atoms with Gasteiger partial charge in [-0.05, 0) is 38.1 Å². The zero-order chi connectivity index (χ0) is 13.3. The van der Waals surface area contributed by atoms with E-state index in [1.54, 1.807) is 0 Å². The highest BCUT2D eigenvalue weighted by Crippen LogP contribution is 2.33. The van der Waals surface area contributed by atoms with Gasteiger partial charge in [-0.1, -0.05) is 13.8 Å². The Bertz CT molecular complexity index is 505. The highest BCUT2D eigenvalue weighted by molar-refractivity contribution is 7.15. The summed E-state index contributed by atoms with van der Waals surface area (Å²) in [4.78, 5) is 2.63. The SMILES string of the molecule is CNC(c1ccc(-c2cc(C)n(C)n2)s1)C(C)C. The van der Waals surface area contributed by atoms with Crippen molar-refractivity contribution in [2.75, 3.05) is 7.05 Å². The van der Waals surface area contributed by atoms with Crippen molar-refractivity contribution in [1.29, 1.82) is 0 Å². The first kappa shape index (κ1) is 13.3. The third-order valence-corrected chi connectivity index (χ3v) is 4.47. The van der Waals surface area contributed by atoms with Gasteiger partial charge in [-0.3, -0.25) is 4.68 Å². The van der Waals surface area contributed by atoms with E-state index in [0.29, 0.717) is 12.0 Å². The number of thiophene rings is 1. The molecule has 2 aromatic heterocycles. The molecule has 0 bridgehead atoms. The number of hydrogen-bond acceptors (Lipinski definition) is 3. The van der Waals surface area contributed by atoms with Crippen LogP contribution in [0.15, 0.2) is 18.2 Å². The second-order valence-electron chi connectivity index (χ2n) is 5.01. The summed E-state index contributed by atoms with van der Waals surface area (Å²) in [6, 6.07) is 6.95. The fourth-order valence-electron chi connectivity index (χ4n) is 2.14. The number of hydrogen-bond donors (Lipinski definition) is 1. The van der Waals surface area contributed by atoms with Gasteiger partial charge in [0.1, 0.15) is 5.69 Å². The molecule has 4 heteroatoms. The van der Waals surface area contributed by atoms with Gasteiger partial charge in [0.25, 0.3) is 0 Å². The smallest absolute Gasteiger partial charge is 0.103 e. The molecule has 0 spiro atoms. The van der Waals surface area contributed by atoms with Gasteiger partial charge in [0.05, 0.1) is 4.88 Å². The summed E-state index contributed by atoms with van der Waals surface area (Å²) < 4.78 is 1.92. The molecule has 2 aromatic rings. The van der Waals surface area contributed by atoms with Crippen molar-refractivity contribution in [1.82, 2.24) is 15.1 Å². The van der Waals surface area contributed by atoms with E-state index >= 15 is 0 Å². The van der Waals surface area contributed by atoms with Gasteiger partial charge in [0.15, 0.2) is 0 Å². The van der Waals surface area contributed by atoms with Gasteiger partial charge in [-0.15, -0.1) is 11.3 Å². The van der Waals surface area contributed by atoms with E-state index in [1.807, 2.05) is 30.1 Å². The second kappa shape index (κ2) is 5.24. The number of aryl methyl sites for hydroxylation is 2. The maximum atomic E-state index is 4.53. The van der Waals surface area contributed by atoms with Gasteiger partial charge >= 0.3 is 0 Å². The molecule has 0 aliphatic carbocycles. The van der Waals surface area contributed by atoms with Crippen LogP contribution in [0.25, 0.3) is 10.6 Å². The van der Waals surface area contributed by atoms with Crippen LogP contribution in [0.1, 0.15) is 30.5 Å². The van der Waals surface area contributed by atoms with Crippen molar-refractivity contribution in [2.24, 2.45) is 13.0 Å². The van der Waals surface area contributed by atoms with E-state index in [0.717, 1.165) is 5.69 Å². The molecule has 2 rings (SSSR count). The van der Waals surface area contributed by atoms with Gasteiger partial charge in [-0.25, -0.2) is 0 Å². The molecule has 0 amide bonds. The molecule has 0 aliphatic rings. The molecule has 1 atom stereocenters. The zero-order valence-corrected chi connectivity index (χ0v) is 12.5. The summed E-state index contributed by atoms with van der Waals surface area (Å²) >= 11 is 1.83. The first-order chi connectivity index (χ1) is 8.52. The summed E-state index contributed by atoms with van der Waals surface area (Å²) in [5.74, 6) is 0.590. The van der Waals surface area contributed by atoms with Gasteiger partial charge in [0, 0.05) is 23.7 Å². The molecule has 0 radical (unpaired) electrons. The van der Waals surface area contributed by atoms with Crippen molar-refractivity contribution in [2.45, 2.75) is 26.8 Å². The van der Waals surface area contributed by atoms with Gasteiger partial charge in [0.2, 0.25) is 0 Å². The fraction of sp³-hybridized carbons (Fsp3) is 0.500. The second-order valence-corrected chi connectivity index (χ2v) is 6.12. The monoisotopic (exact) mass is 263 g/mol. The minimum Gasteiger partial charge on any atom is -0.312 e. The lowest BCUT2D eigenvalue weighted by molar-refractivity contribution is 0.449. The molecule has 1 N–H and O–H groups in total. The minimum atomic E-state index is 0.425. The van der Waals surface area contributed by atoms with E-state index in [4.69, 9.17) is 0 Å². The Labute approximate surface area is 113 Å². The van der Waals surface area contributed by atoms with Crippen LogP contribution in [-0.2, 0) is 7.05 Å². The van der Waals surface area contributed by atoms with Crippen molar-refractivity contribution in [3.05, 3.63) is 28.8 Å².